The van der Waals surface area contributed by atoms with Gasteiger partial charge < -0.3 is 14.8 Å². The Kier molecular flexibility index (Phi) is 7.11. The first-order valence-corrected chi connectivity index (χ1v) is 9.09. The van der Waals surface area contributed by atoms with E-state index in [4.69, 9.17) is 32.7 Å². The van der Waals surface area contributed by atoms with E-state index in [1.807, 2.05) is 32.9 Å². The number of benzene rings is 2. The first-order chi connectivity index (χ1) is 12.7. The van der Waals surface area contributed by atoms with Crippen molar-refractivity contribution >= 4 is 40.8 Å². The molecule has 0 saturated carbocycles. The van der Waals surface area contributed by atoms with Gasteiger partial charge in [-0.2, -0.15) is 0 Å². The van der Waals surface area contributed by atoms with Gasteiger partial charge in [0.1, 0.15) is 5.75 Å². The van der Waals surface area contributed by atoms with Crippen molar-refractivity contribution in [3.05, 3.63) is 57.1 Å². The fraction of sp³-hybridized carbons (Fsp3) is 0.300. The SMILES string of the molecule is Cc1cc(C)c(NC(=O)[C@@H](C)OC(=O)COc2ccc(Cl)cc2Cl)c(C)c1. The van der Waals surface area contributed by atoms with Crippen molar-refractivity contribution in [1.82, 2.24) is 0 Å². The third-order valence-corrected chi connectivity index (χ3v) is 4.37. The number of rotatable bonds is 6. The van der Waals surface area contributed by atoms with Gasteiger partial charge in [-0.1, -0.05) is 40.9 Å². The lowest BCUT2D eigenvalue weighted by molar-refractivity contribution is -0.155. The number of aryl methyl sites for hydroxylation is 3. The molecule has 1 atom stereocenters. The summed E-state index contributed by atoms with van der Waals surface area (Å²) in [6, 6.07) is 8.60. The smallest absolute Gasteiger partial charge is 0.344 e. The minimum absolute atomic E-state index is 0.284. The molecule has 0 aromatic heterocycles. The lowest BCUT2D eigenvalue weighted by Crippen LogP contribution is -2.32. The summed E-state index contributed by atoms with van der Waals surface area (Å²) in [4.78, 5) is 24.3. The monoisotopic (exact) mass is 409 g/mol. The molecule has 1 N–H and O–H groups in total. The summed E-state index contributed by atoms with van der Waals surface area (Å²) >= 11 is 11.8. The molecule has 0 aliphatic rings. The number of hydrogen-bond donors (Lipinski definition) is 1. The fourth-order valence-corrected chi connectivity index (χ4v) is 3.08. The summed E-state index contributed by atoms with van der Waals surface area (Å²) in [5.41, 5.74) is 3.72. The van der Waals surface area contributed by atoms with Crippen LogP contribution in [-0.2, 0) is 14.3 Å². The highest BCUT2D eigenvalue weighted by Crippen LogP contribution is 2.27. The molecule has 0 unspecified atom stereocenters. The van der Waals surface area contributed by atoms with Gasteiger partial charge >= 0.3 is 5.97 Å². The van der Waals surface area contributed by atoms with Gasteiger partial charge in [0.15, 0.2) is 12.7 Å². The summed E-state index contributed by atoms with van der Waals surface area (Å²) in [6.07, 6.45) is -0.970. The van der Waals surface area contributed by atoms with Crippen molar-refractivity contribution < 1.29 is 19.1 Å². The molecule has 2 aromatic rings. The van der Waals surface area contributed by atoms with Crippen molar-refractivity contribution in [1.29, 1.82) is 0 Å². The summed E-state index contributed by atoms with van der Waals surface area (Å²) < 4.78 is 10.4. The minimum atomic E-state index is -0.970. The lowest BCUT2D eigenvalue weighted by Gasteiger charge is -2.17. The van der Waals surface area contributed by atoms with E-state index in [0.29, 0.717) is 10.8 Å². The number of carbonyl (C=O) groups is 2. The van der Waals surface area contributed by atoms with E-state index in [0.717, 1.165) is 22.4 Å². The molecular weight excluding hydrogens is 389 g/mol. The molecule has 0 aliphatic carbocycles. The van der Waals surface area contributed by atoms with E-state index in [-0.39, 0.29) is 11.6 Å². The Balaban J connectivity index is 1.91. The number of halogens is 2. The Morgan fingerprint density at radius 2 is 1.70 bits per heavy atom. The molecule has 2 aromatic carbocycles. The molecule has 144 valence electrons. The molecule has 0 fully saturated rings. The van der Waals surface area contributed by atoms with Crippen molar-refractivity contribution in [2.24, 2.45) is 0 Å². The summed E-state index contributed by atoms with van der Waals surface area (Å²) in [7, 11) is 0. The molecule has 2 rings (SSSR count). The fourth-order valence-electron chi connectivity index (χ4n) is 2.62. The van der Waals surface area contributed by atoms with Gasteiger partial charge in [-0.15, -0.1) is 0 Å². The number of anilines is 1. The van der Waals surface area contributed by atoms with Gasteiger partial charge in [0, 0.05) is 10.7 Å². The quantitative estimate of drug-likeness (QED) is 0.691. The molecular formula is C20H21Cl2NO4. The van der Waals surface area contributed by atoms with Crippen molar-refractivity contribution in [2.45, 2.75) is 33.8 Å². The van der Waals surface area contributed by atoms with E-state index in [9.17, 15) is 9.59 Å². The summed E-state index contributed by atoms with van der Waals surface area (Å²) in [5.74, 6) is -0.787. The van der Waals surface area contributed by atoms with Gasteiger partial charge in [-0.05, 0) is 57.0 Å². The topological polar surface area (TPSA) is 64.6 Å². The largest absolute Gasteiger partial charge is 0.480 e. The van der Waals surface area contributed by atoms with Gasteiger partial charge in [-0.3, -0.25) is 4.79 Å². The highest BCUT2D eigenvalue weighted by Gasteiger charge is 2.20. The van der Waals surface area contributed by atoms with Crippen LogP contribution in [0.15, 0.2) is 30.3 Å². The Morgan fingerprint density at radius 3 is 2.30 bits per heavy atom. The van der Waals surface area contributed by atoms with E-state index in [1.165, 1.54) is 13.0 Å². The molecule has 0 bridgehead atoms. The molecule has 0 saturated heterocycles. The predicted octanol–water partition coefficient (Wildman–Crippen LogP) is 4.87. The molecule has 0 radical (unpaired) electrons. The first-order valence-electron chi connectivity index (χ1n) is 8.33. The van der Waals surface area contributed by atoms with Crippen LogP contribution in [0.1, 0.15) is 23.6 Å². The maximum atomic E-state index is 12.3. The zero-order chi connectivity index (χ0) is 20.1. The molecule has 0 spiro atoms. The lowest BCUT2D eigenvalue weighted by atomic mass is 10.0. The van der Waals surface area contributed by atoms with E-state index in [2.05, 4.69) is 5.32 Å². The average molecular weight is 410 g/mol. The van der Waals surface area contributed by atoms with Crippen molar-refractivity contribution in [3.8, 4) is 5.75 Å². The molecule has 1 amide bonds. The number of hydrogen-bond acceptors (Lipinski definition) is 4. The van der Waals surface area contributed by atoms with Gasteiger partial charge in [0.2, 0.25) is 0 Å². The zero-order valence-electron chi connectivity index (χ0n) is 15.6. The number of ether oxygens (including phenoxy) is 2. The van der Waals surface area contributed by atoms with Crippen LogP contribution < -0.4 is 10.1 Å². The zero-order valence-corrected chi connectivity index (χ0v) is 17.1. The first kappa shape index (κ1) is 21.1. The summed E-state index contributed by atoms with van der Waals surface area (Å²) in [5, 5.41) is 3.55. The molecule has 5 nitrogen and oxygen atoms in total. The van der Waals surface area contributed by atoms with Crippen LogP contribution in [0.3, 0.4) is 0 Å². The maximum absolute atomic E-state index is 12.3. The van der Waals surface area contributed by atoms with Gasteiger partial charge in [0.05, 0.1) is 5.02 Å². The number of amides is 1. The van der Waals surface area contributed by atoms with Crippen LogP contribution in [-0.4, -0.2) is 24.6 Å². The number of nitrogens with one attached hydrogen (secondary N) is 1. The van der Waals surface area contributed by atoms with Crippen molar-refractivity contribution in [3.63, 3.8) is 0 Å². The van der Waals surface area contributed by atoms with E-state index >= 15 is 0 Å². The maximum Gasteiger partial charge on any atom is 0.344 e. The molecule has 7 heteroatoms. The van der Waals surface area contributed by atoms with E-state index in [1.54, 1.807) is 12.1 Å². The molecule has 0 aliphatic heterocycles. The predicted molar refractivity (Wildman–Crippen MR) is 107 cm³/mol. The van der Waals surface area contributed by atoms with Gasteiger partial charge in [0.25, 0.3) is 5.91 Å². The van der Waals surface area contributed by atoms with Crippen LogP contribution in [0.2, 0.25) is 10.0 Å². The third-order valence-electron chi connectivity index (χ3n) is 3.84. The summed E-state index contributed by atoms with van der Waals surface area (Å²) in [6.45, 7) is 6.94. The highest BCUT2D eigenvalue weighted by molar-refractivity contribution is 6.35. The molecule has 0 heterocycles. The Morgan fingerprint density at radius 1 is 1.07 bits per heavy atom. The second-order valence-corrected chi connectivity index (χ2v) is 7.10. The average Bonchev–Trinajstić information content (AvgIpc) is 2.57. The van der Waals surface area contributed by atoms with Crippen LogP contribution in [0.25, 0.3) is 0 Å². The Bertz CT molecular complexity index is 844. The standard InChI is InChI=1S/C20H21Cl2NO4/c1-11-7-12(2)19(13(3)8-11)23-20(25)14(4)27-18(24)10-26-17-6-5-15(21)9-16(17)22/h5-9,14H,10H2,1-4H3,(H,23,25)/t14-/m1/s1. The third kappa shape index (κ3) is 5.88. The Labute approximate surface area is 168 Å². The van der Waals surface area contributed by atoms with Crippen LogP contribution in [0.4, 0.5) is 5.69 Å². The van der Waals surface area contributed by atoms with Crippen LogP contribution in [0, 0.1) is 20.8 Å². The Hall–Kier alpha value is -2.24. The van der Waals surface area contributed by atoms with Crippen LogP contribution >= 0.6 is 23.2 Å². The number of esters is 1. The number of carbonyl (C=O) groups excluding carboxylic acids is 2. The van der Waals surface area contributed by atoms with E-state index < -0.39 is 18.0 Å². The normalized spacial score (nSPS) is 11.6. The second-order valence-electron chi connectivity index (χ2n) is 6.26. The molecule has 27 heavy (non-hydrogen) atoms. The minimum Gasteiger partial charge on any atom is -0.480 e. The van der Waals surface area contributed by atoms with Crippen molar-refractivity contribution in [2.75, 3.05) is 11.9 Å². The van der Waals surface area contributed by atoms with Gasteiger partial charge in [-0.25, -0.2) is 4.79 Å². The highest BCUT2D eigenvalue weighted by atomic mass is 35.5. The van der Waals surface area contributed by atoms with Crippen LogP contribution in [0.5, 0.6) is 5.75 Å². The second kappa shape index (κ2) is 9.11.